The molecule has 0 saturated carbocycles. The maximum atomic E-state index is 12.8. The highest BCUT2D eigenvalue weighted by Gasteiger charge is 2.08. The summed E-state index contributed by atoms with van der Waals surface area (Å²) >= 11 is 0. The topological polar surface area (TPSA) is 59.3 Å². The van der Waals surface area contributed by atoms with E-state index in [4.69, 9.17) is 0 Å². The van der Waals surface area contributed by atoms with Gasteiger partial charge in [0.1, 0.15) is 5.65 Å². The molecule has 0 aliphatic heterocycles. The van der Waals surface area contributed by atoms with Gasteiger partial charge >= 0.3 is 0 Å². The van der Waals surface area contributed by atoms with E-state index in [0.29, 0.717) is 11.3 Å². The number of carbonyl (C=O) groups is 1. The van der Waals surface area contributed by atoms with E-state index in [1.807, 2.05) is 48.0 Å². The highest BCUT2D eigenvalue weighted by molar-refractivity contribution is 6.04. The summed E-state index contributed by atoms with van der Waals surface area (Å²) < 4.78 is 14.8. The minimum absolute atomic E-state index is 0.297. The molecule has 3 aromatic heterocycles. The average molecular weight is 346 g/mol. The van der Waals surface area contributed by atoms with Crippen molar-refractivity contribution in [1.29, 1.82) is 0 Å². The second kappa shape index (κ2) is 6.40. The quantitative estimate of drug-likeness (QED) is 0.568. The Morgan fingerprint density at radius 3 is 2.58 bits per heavy atom. The molecule has 4 aromatic rings. The molecular formula is C20H15FN4O. The number of anilines is 1. The summed E-state index contributed by atoms with van der Waals surface area (Å²) in [6.45, 7) is 2.03. The van der Waals surface area contributed by atoms with E-state index in [1.54, 1.807) is 12.1 Å². The first-order chi connectivity index (χ1) is 12.6. The van der Waals surface area contributed by atoms with Gasteiger partial charge in [0.25, 0.3) is 5.91 Å². The zero-order valence-electron chi connectivity index (χ0n) is 14.0. The lowest BCUT2D eigenvalue weighted by atomic mass is 10.1. The average Bonchev–Trinajstić information content (AvgIpc) is 3.06. The second-order valence-electron chi connectivity index (χ2n) is 6.00. The van der Waals surface area contributed by atoms with E-state index in [0.717, 1.165) is 28.5 Å². The molecule has 0 bridgehead atoms. The van der Waals surface area contributed by atoms with Crippen LogP contribution in [-0.2, 0) is 0 Å². The van der Waals surface area contributed by atoms with Crippen LogP contribution in [0.4, 0.5) is 10.1 Å². The van der Waals surface area contributed by atoms with Gasteiger partial charge in [-0.2, -0.15) is 4.39 Å². The number of aryl methyl sites for hydroxylation is 1. The fourth-order valence-electron chi connectivity index (χ4n) is 2.68. The summed E-state index contributed by atoms with van der Waals surface area (Å²) in [7, 11) is 0. The third-order valence-corrected chi connectivity index (χ3v) is 4.03. The van der Waals surface area contributed by atoms with Crippen molar-refractivity contribution >= 4 is 17.2 Å². The molecule has 6 heteroatoms. The Bertz CT molecular complexity index is 1090. The number of hydrogen-bond acceptors (Lipinski definition) is 3. The van der Waals surface area contributed by atoms with Crippen LogP contribution in [0.15, 0.2) is 67.1 Å². The predicted octanol–water partition coefficient (Wildman–Crippen LogP) is 4.10. The molecule has 1 N–H and O–H groups in total. The van der Waals surface area contributed by atoms with Gasteiger partial charge in [-0.15, -0.1) is 0 Å². The summed E-state index contributed by atoms with van der Waals surface area (Å²) in [4.78, 5) is 20.2. The highest BCUT2D eigenvalue weighted by atomic mass is 19.1. The van der Waals surface area contributed by atoms with Gasteiger partial charge in [-0.25, -0.2) is 9.97 Å². The molecule has 1 amide bonds. The molecule has 0 fully saturated rings. The van der Waals surface area contributed by atoms with Crippen LogP contribution in [-0.4, -0.2) is 20.3 Å². The van der Waals surface area contributed by atoms with Crippen LogP contribution in [0, 0.1) is 12.9 Å². The molecule has 1 aromatic carbocycles. The zero-order chi connectivity index (χ0) is 18.1. The van der Waals surface area contributed by atoms with Crippen molar-refractivity contribution in [3.05, 3.63) is 84.2 Å². The van der Waals surface area contributed by atoms with Crippen molar-refractivity contribution < 1.29 is 9.18 Å². The molecule has 0 unspecified atom stereocenters. The number of carbonyl (C=O) groups excluding carboxylic acids is 1. The summed E-state index contributed by atoms with van der Waals surface area (Å²) in [6, 6.07) is 14.0. The van der Waals surface area contributed by atoms with E-state index >= 15 is 0 Å². The molecule has 3 heterocycles. The number of imidazole rings is 1. The number of rotatable bonds is 3. The van der Waals surface area contributed by atoms with Gasteiger partial charge in [0.05, 0.1) is 11.3 Å². The Balaban J connectivity index is 1.54. The maximum absolute atomic E-state index is 12.8. The van der Waals surface area contributed by atoms with Gasteiger partial charge < -0.3 is 9.72 Å². The number of nitrogens with zero attached hydrogens (tertiary/aromatic N) is 3. The lowest BCUT2D eigenvalue weighted by molar-refractivity contribution is 0.102. The van der Waals surface area contributed by atoms with Crippen molar-refractivity contribution in [2.75, 3.05) is 5.32 Å². The molecule has 0 radical (unpaired) electrons. The summed E-state index contributed by atoms with van der Waals surface area (Å²) in [5.74, 6) is -0.956. The number of nitrogens with one attached hydrogen (secondary N) is 1. The normalized spacial score (nSPS) is 10.8. The largest absolute Gasteiger partial charge is 0.322 e. The van der Waals surface area contributed by atoms with Gasteiger partial charge in [0, 0.05) is 29.8 Å². The van der Waals surface area contributed by atoms with Crippen molar-refractivity contribution in [1.82, 2.24) is 14.4 Å². The van der Waals surface area contributed by atoms with Crippen molar-refractivity contribution in [2.45, 2.75) is 6.92 Å². The Morgan fingerprint density at radius 1 is 1.04 bits per heavy atom. The number of pyridine rings is 2. The van der Waals surface area contributed by atoms with Crippen molar-refractivity contribution in [3.8, 4) is 11.3 Å². The third-order valence-electron chi connectivity index (χ3n) is 4.03. The number of hydrogen-bond donors (Lipinski definition) is 1. The van der Waals surface area contributed by atoms with Crippen LogP contribution >= 0.6 is 0 Å². The van der Waals surface area contributed by atoms with Crippen LogP contribution < -0.4 is 5.32 Å². The SMILES string of the molecule is Cc1ccc2nc(-c3ccc(NC(=O)c4ccc(F)nc4)cc3)cn2c1. The summed E-state index contributed by atoms with van der Waals surface area (Å²) in [5, 5.41) is 2.76. The van der Waals surface area contributed by atoms with Crippen LogP contribution in [0.5, 0.6) is 0 Å². The van der Waals surface area contributed by atoms with Gasteiger partial charge in [-0.1, -0.05) is 18.2 Å². The molecule has 0 aliphatic carbocycles. The number of aromatic nitrogens is 3. The first-order valence-electron chi connectivity index (χ1n) is 8.07. The first-order valence-corrected chi connectivity index (χ1v) is 8.07. The van der Waals surface area contributed by atoms with E-state index in [1.165, 1.54) is 12.3 Å². The number of halogens is 1. The Hall–Kier alpha value is -3.54. The standard InChI is InChI=1S/C20H15FN4O/c1-13-2-9-19-24-17(12-25(19)11-13)14-3-6-16(7-4-14)23-20(26)15-5-8-18(21)22-10-15/h2-12H,1H3,(H,23,26). The number of benzene rings is 1. The minimum Gasteiger partial charge on any atom is -0.322 e. The smallest absolute Gasteiger partial charge is 0.257 e. The van der Waals surface area contributed by atoms with Gasteiger partial charge in [-0.3, -0.25) is 4.79 Å². The number of fused-ring (bicyclic) bond motifs is 1. The fourth-order valence-corrected chi connectivity index (χ4v) is 2.68. The molecule has 0 aliphatic rings. The predicted molar refractivity (Wildman–Crippen MR) is 97.5 cm³/mol. The maximum Gasteiger partial charge on any atom is 0.257 e. The van der Waals surface area contributed by atoms with Crippen LogP contribution in [0.3, 0.4) is 0 Å². The molecule has 26 heavy (non-hydrogen) atoms. The lowest BCUT2D eigenvalue weighted by Gasteiger charge is -2.05. The monoisotopic (exact) mass is 346 g/mol. The highest BCUT2D eigenvalue weighted by Crippen LogP contribution is 2.22. The van der Waals surface area contributed by atoms with Crippen molar-refractivity contribution in [3.63, 3.8) is 0 Å². The van der Waals surface area contributed by atoms with Gasteiger partial charge in [0.2, 0.25) is 5.95 Å². The zero-order valence-corrected chi connectivity index (χ0v) is 14.0. The fraction of sp³-hybridized carbons (Fsp3) is 0.0500. The van der Waals surface area contributed by atoms with E-state index in [2.05, 4.69) is 15.3 Å². The lowest BCUT2D eigenvalue weighted by Crippen LogP contribution is -2.12. The molecule has 128 valence electrons. The molecule has 4 rings (SSSR count). The third kappa shape index (κ3) is 3.17. The number of amides is 1. The summed E-state index contributed by atoms with van der Waals surface area (Å²) in [6.07, 6.45) is 5.20. The Morgan fingerprint density at radius 2 is 1.85 bits per heavy atom. The minimum atomic E-state index is -0.617. The first kappa shape index (κ1) is 16.0. The van der Waals surface area contributed by atoms with E-state index < -0.39 is 5.95 Å². The van der Waals surface area contributed by atoms with Crippen LogP contribution in [0.1, 0.15) is 15.9 Å². The Labute approximate surface area is 149 Å². The van der Waals surface area contributed by atoms with Gasteiger partial charge in [0.15, 0.2) is 0 Å². The van der Waals surface area contributed by atoms with Crippen molar-refractivity contribution in [2.24, 2.45) is 0 Å². The summed E-state index contributed by atoms with van der Waals surface area (Å²) in [5.41, 5.74) is 4.79. The van der Waals surface area contributed by atoms with Gasteiger partial charge in [-0.05, 0) is 42.8 Å². The van der Waals surface area contributed by atoms with E-state index in [-0.39, 0.29) is 5.91 Å². The van der Waals surface area contributed by atoms with Crippen LogP contribution in [0.2, 0.25) is 0 Å². The molecule has 5 nitrogen and oxygen atoms in total. The molecule has 0 atom stereocenters. The molecule has 0 spiro atoms. The van der Waals surface area contributed by atoms with Crippen LogP contribution in [0.25, 0.3) is 16.9 Å². The Kier molecular flexibility index (Phi) is 3.93. The molecular weight excluding hydrogens is 331 g/mol. The van der Waals surface area contributed by atoms with E-state index in [9.17, 15) is 9.18 Å². The molecule has 0 saturated heterocycles. The second-order valence-corrected chi connectivity index (χ2v) is 6.00.